The van der Waals surface area contributed by atoms with Crippen molar-refractivity contribution < 1.29 is 22.0 Å². The standard InChI is InChI=1S/C19H18F2N2O3S/c20-16-7-8-17(21)18(14-16)27(25,26)23-12-10-22(11-13-23)19(24)9-6-15-4-2-1-3-5-15/h1-9,14H,10-13H2. The summed E-state index contributed by atoms with van der Waals surface area (Å²) in [5.41, 5.74) is 0.883. The van der Waals surface area contributed by atoms with E-state index < -0.39 is 26.6 Å². The third kappa shape index (κ3) is 4.40. The molecule has 0 saturated carbocycles. The highest BCUT2D eigenvalue weighted by molar-refractivity contribution is 7.89. The molecule has 1 amide bonds. The molecule has 27 heavy (non-hydrogen) atoms. The molecule has 0 unspecified atom stereocenters. The van der Waals surface area contributed by atoms with E-state index in [0.29, 0.717) is 6.07 Å². The molecule has 0 bridgehead atoms. The second-order valence-corrected chi connectivity index (χ2v) is 7.95. The summed E-state index contributed by atoms with van der Waals surface area (Å²) in [7, 11) is -4.16. The normalized spacial score (nSPS) is 16.0. The fourth-order valence-corrected chi connectivity index (χ4v) is 4.30. The Morgan fingerprint density at radius 1 is 0.963 bits per heavy atom. The third-order valence-electron chi connectivity index (χ3n) is 4.28. The maximum Gasteiger partial charge on any atom is 0.246 e. The highest BCUT2D eigenvalue weighted by atomic mass is 32.2. The summed E-state index contributed by atoms with van der Waals surface area (Å²) in [5, 5.41) is 0. The van der Waals surface area contributed by atoms with E-state index >= 15 is 0 Å². The van der Waals surface area contributed by atoms with Crippen LogP contribution in [0.3, 0.4) is 0 Å². The van der Waals surface area contributed by atoms with Gasteiger partial charge in [-0.05, 0) is 29.8 Å². The molecule has 0 aliphatic carbocycles. The molecule has 2 aromatic rings. The molecular weight excluding hydrogens is 374 g/mol. The highest BCUT2D eigenvalue weighted by Crippen LogP contribution is 2.21. The van der Waals surface area contributed by atoms with Crippen LogP contribution in [0, 0.1) is 11.6 Å². The van der Waals surface area contributed by atoms with Gasteiger partial charge in [-0.15, -0.1) is 0 Å². The van der Waals surface area contributed by atoms with Crippen molar-refractivity contribution in [3.63, 3.8) is 0 Å². The predicted molar refractivity (Wildman–Crippen MR) is 97.2 cm³/mol. The van der Waals surface area contributed by atoms with E-state index in [0.717, 1.165) is 22.0 Å². The van der Waals surface area contributed by atoms with Gasteiger partial charge in [0, 0.05) is 32.3 Å². The van der Waals surface area contributed by atoms with Crippen LogP contribution in [0.2, 0.25) is 0 Å². The van der Waals surface area contributed by atoms with Crippen molar-refractivity contribution in [1.82, 2.24) is 9.21 Å². The fraction of sp³-hybridized carbons (Fsp3) is 0.211. The number of halogens is 2. The minimum absolute atomic E-state index is 0.0171. The summed E-state index contributed by atoms with van der Waals surface area (Å²) in [6.45, 7) is 0.384. The van der Waals surface area contributed by atoms with Crippen molar-refractivity contribution in [2.45, 2.75) is 4.90 Å². The van der Waals surface area contributed by atoms with Gasteiger partial charge >= 0.3 is 0 Å². The zero-order chi connectivity index (χ0) is 19.4. The molecule has 1 aliphatic heterocycles. The molecule has 0 atom stereocenters. The number of piperazine rings is 1. The first kappa shape index (κ1) is 19.2. The van der Waals surface area contributed by atoms with E-state index in [1.807, 2.05) is 30.3 Å². The Morgan fingerprint density at radius 2 is 1.63 bits per heavy atom. The topological polar surface area (TPSA) is 57.7 Å². The number of sulfonamides is 1. The molecule has 2 aromatic carbocycles. The summed E-state index contributed by atoms with van der Waals surface area (Å²) in [4.78, 5) is 13.1. The van der Waals surface area contributed by atoms with Gasteiger partial charge in [-0.3, -0.25) is 4.79 Å². The van der Waals surface area contributed by atoms with Crippen LogP contribution in [0.25, 0.3) is 6.08 Å². The van der Waals surface area contributed by atoms with Crippen LogP contribution in [-0.2, 0) is 14.8 Å². The van der Waals surface area contributed by atoms with Crippen molar-refractivity contribution in [2.75, 3.05) is 26.2 Å². The Labute approximate surface area is 156 Å². The van der Waals surface area contributed by atoms with E-state index in [1.54, 1.807) is 6.08 Å². The first-order valence-corrected chi connectivity index (χ1v) is 9.79. The number of hydrogen-bond acceptors (Lipinski definition) is 3. The van der Waals surface area contributed by atoms with Crippen LogP contribution in [0.5, 0.6) is 0 Å². The van der Waals surface area contributed by atoms with Crippen molar-refractivity contribution in [3.8, 4) is 0 Å². The first-order valence-electron chi connectivity index (χ1n) is 8.35. The molecule has 1 fully saturated rings. The fourth-order valence-electron chi connectivity index (χ4n) is 2.80. The zero-order valence-corrected chi connectivity index (χ0v) is 15.2. The van der Waals surface area contributed by atoms with Crippen LogP contribution in [0.15, 0.2) is 59.5 Å². The van der Waals surface area contributed by atoms with Gasteiger partial charge in [-0.1, -0.05) is 30.3 Å². The Kier molecular flexibility index (Phi) is 5.67. The molecule has 0 aromatic heterocycles. The second kappa shape index (κ2) is 7.98. The van der Waals surface area contributed by atoms with Crippen molar-refractivity contribution >= 4 is 22.0 Å². The van der Waals surface area contributed by atoms with Gasteiger partial charge in [-0.2, -0.15) is 4.31 Å². The van der Waals surface area contributed by atoms with Gasteiger partial charge in [-0.25, -0.2) is 17.2 Å². The van der Waals surface area contributed by atoms with Crippen LogP contribution in [0.4, 0.5) is 8.78 Å². The Morgan fingerprint density at radius 3 is 2.30 bits per heavy atom. The molecule has 1 saturated heterocycles. The van der Waals surface area contributed by atoms with Crippen molar-refractivity contribution in [1.29, 1.82) is 0 Å². The summed E-state index contributed by atoms with van der Waals surface area (Å²) in [6, 6.07) is 11.6. The number of rotatable bonds is 4. The van der Waals surface area contributed by atoms with E-state index in [4.69, 9.17) is 0 Å². The quantitative estimate of drug-likeness (QED) is 0.752. The third-order valence-corrected chi connectivity index (χ3v) is 6.19. The average Bonchev–Trinajstić information content (AvgIpc) is 2.68. The number of nitrogens with zero attached hydrogens (tertiary/aromatic N) is 2. The number of amides is 1. The maximum absolute atomic E-state index is 13.8. The second-order valence-electron chi connectivity index (χ2n) is 6.05. The molecule has 8 heteroatoms. The predicted octanol–water partition coefficient (Wildman–Crippen LogP) is 2.51. The smallest absolute Gasteiger partial charge is 0.246 e. The van der Waals surface area contributed by atoms with Crippen molar-refractivity contribution in [2.24, 2.45) is 0 Å². The van der Waals surface area contributed by atoms with E-state index in [9.17, 15) is 22.0 Å². The number of carbonyl (C=O) groups excluding carboxylic acids is 1. The number of carbonyl (C=O) groups is 1. The maximum atomic E-state index is 13.8. The van der Waals surface area contributed by atoms with Gasteiger partial charge in [0.2, 0.25) is 15.9 Å². The lowest BCUT2D eigenvalue weighted by Gasteiger charge is -2.33. The van der Waals surface area contributed by atoms with Crippen LogP contribution < -0.4 is 0 Å². The molecule has 1 heterocycles. The first-order chi connectivity index (χ1) is 12.9. The Hall–Kier alpha value is -2.58. The monoisotopic (exact) mass is 392 g/mol. The van der Waals surface area contributed by atoms with Gasteiger partial charge in [0.1, 0.15) is 16.5 Å². The van der Waals surface area contributed by atoms with Gasteiger partial charge in [0.15, 0.2) is 0 Å². The molecule has 0 spiro atoms. The Bertz CT molecular complexity index is 954. The summed E-state index contributed by atoms with van der Waals surface area (Å²) < 4.78 is 53.3. The summed E-state index contributed by atoms with van der Waals surface area (Å²) >= 11 is 0. The molecular formula is C19H18F2N2O3S. The molecule has 0 N–H and O–H groups in total. The van der Waals surface area contributed by atoms with Gasteiger partial charge in [0.25, 0.3) is 0 Å². The molecule has 142 valence electrons. The van der Waals surface area contributed by atoms with Crippen LogP contribution >= 0.6 is 0 Å². The Balaban J connectivity index is 1.65. The van der Waals surface area contributed by atoms with E-state index in [1.165, 1.54) is 11.0 Å². The minimum atomic E-state index is -4.16. The zero-order valence-electron chi connectivity index (χ0n) is 14.4. The summed E-state index contributed by atoms with van der Waals surface area (Å²) in [5.74, 6) is -2.05. The SMILES string of the molecule is O=C(C=Cc1ccccc1)N1CCN(S(=O)(=O)c2cc(F)ccc2F)CC1. The number of hydrogen-bond donors (Lipinski definition) is 0. The lowest BCUT2D eigenvalue weighted by atomic mass is 10.2. The molecule has 0 radical (unpaired) electrons. The summed E-state index contributed by atoms with van der Waals surface area (Å²) in [6.07, 6.45) is 3.12. The lowest BCUT2D eigenvalue weighted by Crippen LogP contribution is -2.50. The average molecular weight is 392 g/mol. The molecule has 3 rings (SSSR count). The van der Waals surface area contributed by atoms with Crippen LogP contribution in [-0.4, -0.2) is 49.7 Å². The molecule has 5 nitrogen and oxygen atoms in total. The van der Waals surface area contributed by atoms with E-state index in [-0.39, 0.29) is 32.1 Å². The van der Waals surface area contributed by atoms with Crippen LogP contribution in [0.1, 0.15) is 5.56 Å². The van der Waals surface area contributed by atoms with Gasteiger partial charge in [0.05, 0.1) is 0 Å². The highest BCUT2D eigenvalue weighted by Gasteiger charge is 2.31. The molecule has 1 aliphatic rings. The lowest BCUT2D eigenvalue weighted by molar-refractivity contribution is -0.127. The van der Waals surface area contributed by atoms with Gasteiger partial charge < -0.3 is 4.90 Å². The van der Waals surface area contributed by atoms with E-state index in [2.05, 4.69) is 0 Å². The minimum Gasteiger partial charge on any atom is -0.337 e. The van der Waals surface area contributed by atoms with Crippen molar-refractivity contribution in [3.05, 3.63) is 71.8 Å². The largest absolute Gasteiger partial charge is 0.337 e. The number of benzene rings is 2.